The summed E-state index contributed by atoms with van der Waals surface area (Å²) in [6, 6.07) is 3.45. The van der Waals surface area contributed by atoms with Crippen LogP contribution in [0.1, 0.15) is 0 Å². The minimum absolute atomic E-state index is 0.273. The number of rotatable bonds is 4. The van der Waals surface area contributed by atoms with Crippen LogP contribution in [0.5, 0.6) is 5.75 Å². The van der Waals surface area contributed by atoms with Gasteiger partial charge in [-0.3, -0.25) is 14.8 Å². The number of H-pyrrole nitrogens is 1. The highest BCUT2D eigenvalue weighted by Crippen LogP contribution is 2.34. The molecule has 0 unspecified atom stereocenters. The Morgan fingerprint density at radius 3 is 2.74 bits per heavy atom. The number of nitrogens with one attached hydrogen (secondary N) is 2. The van der Waals surface area contributed by atoms with Gasteiger partial charge in [-0.2, -0.15) is 8.42 Å². The normalized spacial score (nSPS) is 11.2. The van der Waals surface area contributed by atoms with Gasteiger partial charge in [-0.25, -0.2) is 4.98 Å². The number of nitro groups is 1. The Kier molecular flexibility index (Phi) is 3.09. The number of nitro benzene ring substituents is 1. The molecule has 2 rings (SSSR count). The van der Waals surface area contributed by atoms with Crippen LogP contribution in [0.2, 0.25) is 0 Å². The van der Waals surface area contributed by atoms with Crippen molar-refractivity contribution in [3.8, 4) is 5.75 Å². The van der Waals surface area contributed by atoms with Crippen molar-refractivity contribution in [1.82, 2.24) is 9.97 Å². The van der Waals surface area contributed by atoms with Crippen LogP contribution < -0.4 is 4.72 Å². The van der Waals surface area contributed by atoms with Gasteiger partial charge < -0.3 is 10.1 Å². The van der Waals surface area contributed by atoms with Gasteiger partial charge >= 0.3 is 0 Å². The summed E-state index contributed by atoms with van der Waals surface area (Å²) >= 11 is 0. The maximum absolute atomic E-state index is 11.9. The van der Waals surface area contributed by atoms with E-state index in [1.165, 1.54) is 6.07 Å². The molecule has 0 bridgehead atoms. The van der Waals surface area contributed by atoms with Gasteiger partial charge in [-0.15, -0.1) is 0 Å². The number of aromatic hydroxyl groups is 1. The first-order valence-corrected chi connectivity index (χ1v) is 6.37. The van der Waals surface area contributed by atoms with Crippen molar-refractivity contribution in [3.05, 3.63) is 40.8 Å². The molecule has 1 heterocycles. The third-order valence-corrected chi connectivity index (χ3v) is 3.49. The van der Waals surface area contributed by atoms with Crippen LogP contribution in [-0.4, -0.2) is 28.4 Å². The van der Waals surface area contributed by atoms with E-state index in [-0.39, 0.29) is 5.03 Å². The Morgan fingerprint density at radius 2 is 2.16 bits per heavy atom. The molecule has 3 N–H and O–H groups in total. The van der Waals surface area contributed by atoms with Crippen molar-refractivity contribution >= 4 is 21.4 Å². The lowest BCUT2D eigenvalue weighted by molar-refractivity contribution is -0.383. The Morgan fingerprint density at radius 1 is 1.42 bits per heavy atom. The summed E-state index contributed by atoms with van der Waals surface area (Å²) in [6.07, 6.45) is 2.18. The number of sulfonamides is 1. The number of nitrogens with zero attached hydrogens (tertiary/aromatic N) is 2. The van der Waals surface area contributed by atoms with Gasteiger partial charge in [-0.1, -0.05) is 6.07 Å². The third kappa shape index (κ3) is 2.47. The molecule has 2 aromatic rings. The lowest BCUT2D eigenvalue weighted by Gasteiger charge is -2.08. The van der Waals surface area contributed by atoms with Crippen LogP contribution in [0, 0.1) is 10.1 Å². The maximum Gasteiger partial charge on any atom is 0.297 e. The molecule has 10 heteroatoms. The summed E-state index contributed by atoms with van der Waals surface area (Å²) in [7, 11) is -4.08. The lowest BCUT2D eigenvalue weighted by Crippen LogP contribution is -2.14. The summed E-state index contributed by atoms with van der Waals surface area (Å²) in [5.74, 6) is -0.544. The maximum atomic E-state index is 11.9. The van der Waals surface area contributed by atoms with Gasteiger partial charge in [0.25, 0.3) is 15.7 Å². The third-order valence-electron chi connectivity index (χ3n) is 2.22. The predicted molar refractivity (Wildman–Crippen MR) is 64.2 cm³/mol. The second-order valence-electron chi connectivity index (χ2n) is 3.45. The molecule has 1 aromatic heterocycles. The Hall–Kier alpha value is -2.62. The first kappa shape index (κ1) is 12.8. The van der Waals surface area contributed by atoms with Crippen LogP contribution in [0.15, 0.2) is 35.7 Å². The molecule has 1 aromatic carbocycles. The number of hydrogen-bond acceptors (Lipinski definition) is 6. The molecule has 0 spiro atoms. The van der Waals surface area contributed by atoms with E-state index >= 15 is 0 Å². The SMILES string of the molecule is O=[N+]([O-])c1cccc(O)c1NS(=O)(=O)c1cnc[nH]1. The fourth-order valence-electron chi connectivity index (χ4n) is 1.36. The van der Waals surface area contributed by atoms with E-state index in [9.17, 15) is 23.6 Å². The van der Waals surface area contributed by atoms with E-state index < -0.39 is 32.1 Å². The van der Waals surface area contributed by atoms with Crippen molar-refractivity contribution < 1.29 is 18.4 Å². The first-order valence-electron chi connectivity index (χ1n) is 4.89. The molecule has 0 atom stereocenters. The standard InChI is InChI=1S/C9H8N4O5S/c14-7-3-1-2-6(13(15)16)9(7)12-19(17,18)8-4-10-5-11-8/h1-5,12,14H,(H,10,11). The molecule has 0 aliphatic heterocycles. The molecule has 0 radical (unpaired) electrons. The van der Waals surface area contributed by atoms with Crippen molar-refractivity contribution in [2.24, 2.45) is 0 Å². The minimum atomic E-state index is -4.08. The molecule has 0 amide bonds. The van der Waals surface area contributed by atoms with Gasteiger partial charge in [0.15, 0.2) is 10.7 Å². The van der Waals surface area contributed by atoms with E-state index in [1.807, 2.05) is 4.72 Å². The van der Waals surface area contributed by atoms with Crippen molar-refractivity contribution in [2.45, 2.75) is 5.03 Å². The molecule has 0 aliphatic carbocycles. The lowest BCUT2D eigenvalue weighted by atomic mass is 10.2. The number of phenolic OH excluding ortho intramolecular Hbond substituents is 1. The number of imidazole rings is 1. The van der Waals surface area contributed by atoms with E-state index in [0.717, 1.165) is 24.7 Å². The number of aromatic nitrogens is 2. The molecule has 0 saturated heterocycles. The summed E-state index contributed by atoms with van der Waals surface area (Å²) in [6.45, 7) is 0. The molecule has 0 fully saturated rings. The van der Waals surface area contributed by atoms with Crippen LogP contribution in [0.25, 0.3) is 0 Å². The molecular formula is C9H8N4O5S. The summed E-state index contributed by atoms with van der Waals surface area (Å²) in [4.78, 5) is 15.9. The van der Waals surface area contributed by atoms with Crippen LogP contribution in [0.4, 0.5) is 11.4 Å². The smallest absolute Gasteiger partial charge is 0.297 e. The summed E-state index contributed by atoms with van der Waals surface area (Å²) in [5.41, 5.74) is -1.05. The van der Waals surface area contributed by atoms with Crippen molar-refractivity contribution in [3.63, 3.8) is 0 Å². The van der Waals surface area contributed by atoms with Gasteiger partial charge in [0.2, 0.25) is 0 Å². The van der Waals surface area contributed by atoms with Gasteiger partial charge in [0.1, 0.15) is 5.75 Å². The van der Waals surface area contributed by atoms with Gasteiger partial charge in [-0.05, 0) is 6.07 Å². The highest BCUT2D eigenvalue weighted by atomic mass is 32.2. The van der Waals surface area contributed by atoms with Crippen LogP contribution in [-0.2, 0) is 10.0 Å². The number of hydrogen-bond donors (Lipinski definition) is 3. The number of para-hydroxylation sites is 1. The minimum Gasteiger partial charge on any atom is -0.505 e. The van der Waals surface area contributed by atoms with Crippen molar-refractivity contribution in [1.29, 1.82) is 0 Å². The predicted octanol–water partition coefficient (Wildman–Crippen LogP) is 0.824. The fourth-order valence-corrected chi connectivity index (χ4v) is 2.36. The molecule has 9 nitrogen and oxygen atoms in total. The Labute approximate surface area is 107 Å². The first-order chi connectivity index (χ1) is 8.92. The van der Waals surface area contributed by atoms with E-state index in [0.29, 0.717) is 0 Å². The summed E-state index contributed by atoms with van der Waals surface area (Å²) in [5, 5.41) is 20.1. The monoisotopic (exact) mass is 284 g/mol. The number of phenols is 1. The number of aromatic amines is 1. The second-order valence-corrected chi connectivity index (χ2v) is 5.10. The van der Waals surface area contributed by atoms with Crippen LogP contribution >= 0.6 is 0 Å². The zero-order valence-corrected chi connectivity index (χ0v) is 10.1. The Bertz CT molecular complexity index is 710. The molecule has 19 heavy (non-hydrogen) atoms. The van der Waals surface area contributed by atoms with E-state index in [2.05, 4.69) is 9.97 Å². The second kappa shape index (κ2) is 4.57. The number of benzene rings is 1. The van der Waals surface area contributed by atoms with Crippen molar-refractivity contribution in [2.75, 3.05) is 4.72 Å². The molecule has 100 valence electrons. The zero-order chi connectivity index (χ0) is 14.0. The average molecular weight is 284 g/mol. The Balaban J connectivity index is 2.48. The van der Waals surface area contributed by atoms with E-state index in [4.69, 9.17) is 0 Å². The molecule has 0 aliphatic rings. The van der Waals surface area contributed by atoms with Gasteiger partial charge in [0, 0.05) is 6.07 Å². The topological polar surface area (TPSA) is 138 Å². The zero-order valence-electron chi connectivity index (χ0n) is 9.27. The number of anilines is 1. The van der Waals surface area contributed by atoms with Gasteiger partial charge in [0.05, 0.1) is 17.4 Å². The average Bonchev–Trinajstić information content (AvgIpc) is 2.85. The molecular weight excluding hydrogens is 276 g/mol. The largest absolute Gasteiger partial charge is 0.505 e. The highest BCUT2D eigenvalue weighted by Gasteiger charge is 2.24. The highest BCUT2D eigenvalue weighted by molar-refractivity contribution is 7.92. The van der Waals surface area contributed by atoms with Crippen LogP contribution in [0.3, 0.4) is 0 Å². The quantitative estimate of drug-likeness (QED) is 0.431. The summed E-state index contributed by atoms with van der Waals surface area (Å²) < 4.78 is 25.7. The van der Waals surface area contributed by atoms with E-state index in [1.54, 1.807) is 0 Å². The fraction of sp³-hybridized carbons (Fsp3) is 0. The molecule has 0 saturated carbocycles.